The van der Waals surface area contributed by atoms with E-state index < -0.39 is 5.54 Å². The zero-order valence-corrected chi connectivity index (χ0v) is 12.4. The Morgan fingerprint density at radius 2 is 1.64 bits per heavy atom. The fourth-order valence-corrected chi connectivity index (χ4v) is 3.34. The van der Waals surface area contributed by atoms with Gasteiger partial charge < -0.3 is 16.4 Å². The van der Waals surface area contributed by atoms with E-state index in [1.54, 1.807) is 11.9 Å². The molecule has 0 atom stereocenters. The maximum atomic E-state index is 12.8. The van der Waals surface area contributed by atoms with Crippen molar-refractivity contribution >= 4 is 23.8 Å². The number of hydrogen-bond donors (Lipinski definition) is 2. The lowest BCUT2D eigenvalue weighted by Gasteiger charge is -2.35. The third-order valence-electron chi connectivity index (χ3n) is 4.50. The Morgan fingerprint density at radius 3 is 2.23 bits per heavy atom. The molecule has 2 fully saturated rings. The van der Waals surface area contributed by atoms with Crippen LogP contribution in [0.1, 0.15) is 37.9 Å². The van der Waals surface area contributed by atoms with E-state index in [-0.39, 0.29) is 36.2 Å². The van der Waals surface area contributed by atoms with Crippen LogP contribution in [0.3, 0.4) is 0 Å². The van der Waals surface area contributed by atoms with Crippen molar-refractivity contribution in [1.82, 2.24) is 24.8 Å². The van der Waals surface area contributed by atoms with Crippen LogP contribution >= 0.6 is 0 Å². The quantitative estimate of drug-likeness (QED) is 0.742. The molecule has 1 aliphatic heterocycles. The van der Waals surface area contributed by atoms with E-state index in [9.17, 15) is 9.59 Å². The SMILES string of the molecule is CN1C(=O)N(Cc2nc(N)nc(N)n2)C(=O)C12CCCCC2. The molecule has 4 N–H and O–H groups in total. The van der Waals surface area contributed by atoms with Gasteiger partial charge in [0.2, 0.25) is 11.9 Å². The van der Waals surface area contributed by atoms with E-state index in [0.29, 0.717) is 12.8 Å². The number of nitrogens with two attached hydrogens (primary N) is 2. The molecule has 9 heteroatoms. The molecule has 3 amide bonds. The van der Waals surface area contributed by atoms with Crippen molar-refractivity contribution in [3.05, 3.63) is 5.82 Å². The van der Waals surface area contributed by atoms with Gasteiger partial charge in [-0.25, -0.2) is 4.79 Å². The minimum atomic E-state index is -0.709. The number of urea groups is 1. The van der Waals surface area contributed by atoms with E-state index in [4.69, 9.17) is 11.5 Å². The van der Waals surface area contributed by atoms with Crippen molar-refractivity contribution in [1.29, 1.82) is 0 Å². The van der Waals surface area contributed by atoms with E-state index in [1.807, 2.05) is 0 Å². The van der Waals surface area contributed by atoms with E-state index in [1.165, 1.54) is 4.90 Å². The molecule has 1 saturated heterocycles. The predicted molar refractivity (Wildman–Crippen MR) is 78.2 cm³/mol. The first-order chi connectivity index (χ1) is 10.4. The van der Waals surface area contributed by atoms with Crippen LogP contribution in [-0.4, -0.2) is 49.3 Å². The summed E-state index contributed by atoms with van der Waals surface area (Å²) in [6.45, 7) is -0.0410. The topological polar surface area (TPSA) is 131 Å². The van der Waals surface area contributed by atoms with Crippen LogP contribution in [0.5, 0.6) is 0 Å². The van der Waals surface area contributed by atoms with Crippen molar-refractivity contribution < 1.29 is 9.59 Å². The van der Waals surface area contributed by atoms with Gasteiger partial charge in [-0.05, 0) is 12.8 Å². The van der Waals surface area contributed by atoms with Crippen molar-refractivity contribution in [3.8, 4) is 0 Å². The second-order valence-corrected chi connectivity index (χ2v) is 5.79. The van der Waals surface area contributed by atoms with E-state index in [2.05, 4.69) is 15.0 Å². The molecule has 0 bridgehead atoms. The normalized spacial score (nSPS) is 21.0. The van der Waals surface area contributed by atoms with Crippen LogP contribution < -0.4 is 11.5 Å². The van der Waals surface area contributed by atoms with Gasteiger partial charge in [0.1, 0.15) is 5.54 Å². The number of carbonyl (C=O) groups is 2. The lowest BCUT2D eigenvalue weighted by molar-refractivity contribution is -0.134. The van der Waals surface area contributed by atoms with Crippen LogP contribution in [0.25, 0.3) is 0 Å². The van der Waals surface area contributed by atoms with Gasteiger partial charge in [-0.15, -0.1) is 0 Å². The zero-order valence-electron chi connectivity index (χ0n) is 12.4. The summed E-state index contributed by atoms with van der Waals surface area (Å²) in [5, 5.41) is 0. The minimum Gasteiger partial charge on any atom is -0.368 e. The summed E-state index contributed by atoms with van der Waals surface area (Å²) < 4.78 is 0. The Bertz CT molecular complexity index is 607. The molecule has 1 aliphatic carbocycles. The number of rotatable bonds is 2. The number of likely N-dealkylation sites (N-methyl/N-ethyl adjacent to an activating group) is 1. The first kappa shape index (κ1) is 14.5. The molecule has 22 heavy (non-hydrogen) atoms. The molecular weight excluding hydrogens is 286 g/mol. The van der Waals surface area contributed by atoms with Crippen LogP contribution in [0.2, 0.25) is 0 Å². The summed E-state index contributed by atoms with van der Waals surface area (Å²) in [5.41, 5.74) is 10.3. The summed E-state index contributed by atoms with van der Waals surface area (Å²) in [7, 11) is 1.68. The number of aromatic nitrogens is 3. The van der Waals surface area contributed by atoms with Gasteiger partial charge >= 0.3 is 6.03 Å². The average Bonchev–Trinajstić information content (AvgIpc) is 2.64. The van der Waals surface area contributed by atoms with Crippen molar-refractivity contribution in [3.63, 3.8) is 0 Å². The molecule has 0 aromatic carbocycles. The Labute approximate surface area is 127 Å². The van der Waals surface area contributed by atoms with Crippen molar-refractivity contribution in [2.45, 2.75) is 44.2 Å². The fourth-order valence-electron chi connectivity index (χ4n) is 3.34. The Hall–Kier alpha value is -2.45. The van der Waals surface area contributed by atoms with Gasteiger partial charge in [0.05, 0.1) is 6.54 Å². The first-order valence-corrected chi connectivity index (χ1v) is 7.30. The number of anilines is 2. The average molecular weight is 305 g/mol. The summed E-state index contributed by atoms with van der Waals surface area (Å²) in [4.78, 5) is 39.6. The molecule has 1 saturated carbocycles. The highest BCUT2D eigenvalue weighted by Gasteiger charge is 2.55. The second kappa shape index (κ2) is 5.08. The molecule has 3 rings (SSSR count). The third kappa shape index (κ3) is 2.13. The fraction of sp³-hybridized carbons (Fsp3) is 0.615. The number of amides is 3. The summed E-state index contributed by atoms with van der Waals surface area (Å²) in [5.74, 6) is -0.0186. The maximum Gasteiger partial charge on any atom is 0.327 e. The zero-order chi connectivity index (χ0) is 15.9. The molecular formula is C13H19N7O2. The monoisotopic (exact) mass is 305 g/mol. The van der Waals surface area contributed by atoms with Gasteiger partial charge in [-0.2, -0.15) is 15.0 Å². The molecule has 1 aromatic heterocycles. The predicted octanol–water partition coefficient (Wildman–Crippen LogP) is 0.133. The van der Waals surface area contributed by atoms with E-state index >= 15 is 0 Å². The van der Waals surface area contributed by atoms with Gasteiger partial charge in [-0.1, -0.05) is 19.3 Å². The summed E-state index contributed by atoms with van der Waals surface area (Å²) in [6, 6.07) is -0.329. The number of hydrogen-bond acceptors (Lipinski definition) is 7. The van der Waals surface area contributed by atoms with Crippen molar-refractivity contribution in [2.24, 2.45) is 0 Å². The minimum absolute atomic E-state index is 0.0256. The Kier molecular flexibility index (Phi) is 3.34. The maximum absolute atomic E-state index is 12.8. The molecule has 0 unspecified atom stereocenters. The Balaban J connectivity index is 1.88. The second-order valence-electron chi connectivity index (χ2n) is 5.79. The number of nitrogen functional groups attached to an aromatic ring is 2. The molecule has 2 aliphatic rings. The number of nitrogens with zero attached hydrogens (tertiary/aromatic N) is 5. The molecule has 9 nitrogen and oxygen atoms in total. The lowest BCUT2D eigenvalue weighted by atomic mass is 9.81. The van der Waals surface area contributed by atoms with Crippen LogP contribution in [0.15, 0.2) is 0 Å². The third-order valence-corrected chi connectivity index (χ3v) is 4.50. The van der Waals surface area contributed by atoms with Crippen molar-refractivity contribution in [2.75, 3.05) is 18.5 Å². The highest BCUT2D eigenvalue weighted by molar-refractivity contribution is 6.06. The van der Waals surface area contributed by atoms with Gasteiger partial charge in [-0.3, -0.25) is 9.69 Å². The number of imide groups is 1. The van der Waals surface area contributed by atoms with Crippen LogP contribution in [0.4, 0.5) is 16.7 Å². The summed E-state index contributed by atoms with van der Waals surface area (Å²) >= 11 is 0. The summed E-state index contributed by atoms with van der Waals surface area (Å²) in [6.07, 6.45) is 4.39. The molecule has 1 spiro atoms. The van der Waals surface area contributed by atoms with Gasteiger partial charge in [0, 0.05) is 7.05 Å². The standard InChI is InChI=1S/C13H19N7O2/c1-19-12(22)20(7-8-16-10(14)18-11(15)17-8)9(21)13(19)5-3-2-4-6-13/h2-7H2,1H3,(H4,14,15,16,17,18). The first-order valence-electron chi connectivity index (χ1n) is 7.30. The van der Waals surface area contributed by atoms with E-state index in [0.717, 1.165) is 19.3 Å². The van der Waals surface area contributed by atoms with Crippen LogP contribution in [-0.2, 0) is 11.3 Å². The molecule has 118 valence electrons. The number of carbonyl (C=O) groups excluding carboxylic acids is 2. The molecule has 2 heterocycles. The van der Waals surface area contributed by atoms with Gasteiger partial charge in [0.25, 0.3) is 5.91 Å². The highest BCUT2D eigenvalue weighted by atomic mass is 16.2. The highest BCUT2D eigenvalue weighted by Crippen LogP contribution is 2.39. The largest absolute Gasteiger partial charge is 0.368 e. The molecule has 0 radical (unpaired) electrons. The lowest BCUT2D eigenvalue weighted by Crippen LogP contribution is -2.49. The molecule has 1 aromatic rings. The van der Waals surface area contributed by atoms with Crippen LogP contribution in [0, 0.1) is 0 Å². The van der Waals surface area contributed by atoms with Gasteiger partial charge in [0.15, 0.2) is 5.82 Å². The smallest absolute Gasteiger partial charge is 0.327 e. The Morgan fingerprint density at radius 1 is 1.05 bits per heavy atom.